The predicted octanol–water partition coefficient (Wildman–Crippen LogP) is 4.33. The predicted molar refractivity (Wildman–Crippen MR) is 82.1 cm³/mol. The molecule has 0 atom stereocenters. The molecule has 3 aromatic rings. The second-order valence-corrected chi connectivity index (χ2v) is 6.28. The van der Waals surface area contributed by atoms with Crippen LogP contribution < -0.4 is 0 Å². The van der Waals surface area contributed by atoms with E-state index in [2.05, 4.69) is 31.0 Å². The zero-order valence-electron chi connectivity index (χ0n) is 11.9. The van der Waals surface area contributed by atoms with Crippen molar-refractivity contribution >= 4 is 17.4 Å². The quantitative estimate of drug-likeness (QED) is 0.721. The van der Waals surface area contributed by atoms with Crippen LogP contribution in [-0.4, -0.2) is 14.6 Å². The maximum atomic E-state index is 13.1. The van der Waals surface area contributed by atoms with Crippen molar-refractivity contribution in [2.45, 2.75) is 29.6 Å². The molecule has 0 unspecified atom stereocenters. The normalized spacial score (nSPS) is 11.5. The van der Waals surface area contributed by atoms with Crippen molar-refractivity contribution < 1.29 is 4.39 Å². The van der Waals surface area contributed by atoms with Crippen molar-refractivity contribution in [3.8, 4) is 0 Å². The molecular formula is C16H15FN3S. The third-order valence-electron chi connectivity index (χ3n) is 3.17. The first kappa shape index (κ1) is 14.1. The maximum Gasteiger partial charge on any atom is 0.160 e. The third-order valence-corrected chi connectivity index (χ3v) is 4.26. The van der Waals surface area contributed by atoms with Crippen LogP contribution in [0.15, 0.2) is 46.3 Å². The molecule has 1 radical (unpaired) electrons. The van der Waals surface area contributed by atoms with E-state index in [-0.39, 0.29) is 5.82 Å². The molecule has 2 aromatic heterocycles. The molecule has 0 aliphatic rings. The Morgan fingerprint density at radius 2 is 2.00 bits per heavy atom. The van der Waals surface area contributed by atoms with Crippen LogP contribution in [0.2, 0.25) is 0 Å². The van der Waals surface area contributed by atoms with Gasteiger partial charge in [0.25, 0.3) is 0 Å². The standard InChI is InChI=1S/C16H15FN3S/c1-10(2)16-19-18-15-7-5-13(9-20(15)16)21-14-6-4-12(17)8-11(14)3/h4-10H,3H2,1-2H3. The van der Waals surface area contributed by atoms with E-state index in [1.54, 1.807) is 17.8 Å². The minimum absolute atomic E-state index is 0.263. The number of aromatic nitrogens is 3. The second-order valence-electron chi connectivity index (χ2n) is 5.16. The number of fused-ring (bicyclic) bond motifs is 1. The lowest BCUT2D eigenvalue weighted by Gasteiger charge is -2.07. The molecule has 0 saturated carbocycles. The molecule has 0 saturated heterocycles. The zero-order chi connectivity index (χ0) is 15.0. The SMILES string of the molecule is [CH2]c1cc(F)ccc1Sc1ccc2nnc(C(C)C)n2c1. The van der Waals surface area contributed by atoms with E-state index in [4.69, 9.17) is 0 Å². The summed E-state index contributed by atoms with van der Waals surface area (Å²) in [7, 11) is 0. The van der Waals surface area contributed by atoms with Crippen molar-refractivity contribution in [2.75, 3.05) is 0 Å². The molecule has 3 nitrogen and oxygen atoms in total. The van der Waals surface area contributed by atoms with Gasteiger partial charge in [0.2, 0.25) is 0 Å². The van der Waals surface area contributed by atoms with Crippen LogP contribution in [0.5, 0.6) is 0 Å². The highest BCUT2D eigenvalue weighted by atomic mass is 32.2. The van der Waals surface area contributed by atoms with Gasteiger partial charge in [-0.1, -0.05) is 25.6 Å². The van der Waals surface area contributed by atoms with E-state index >= 15 is 0 Å². The van der Waals surface area contributed by atoms with Gasteiger partial charge in [-0.25, -0.2) is 4.39 Å². The van der Waals surface area contributed by atoms with Crippen LogP contribution >= 0.6 is 11.8 Å². The summed E-state index contributed by atoms with van der Waals surface area (Å²) in [5, 5.41) is 8.37. The lowest BCUT2D eigenvalue weighted by molar-refractivity contribution is 0.626. The molecule has 0 spiro atoms. The number of hydrogen-bond acceptors (Lipinski definition) is 3. The molecule has 0 fully saturated rings. The minimum atomic E-state index is -0.263. The van der Waals surface area contributed by atoms with E-state index in [9.17, 15) is 4.39 Å². The molecule has 107 valence electrons. The van der Waals surface area contributed by atoms with Crippen LogP contribution in [0, 0.1) is 12.7 Å². The van der Waals surface area contributed by atoms with Crippen LogP contribution in [0.4, 0.5) is 4.39 Å². The van der Waals surface area contributed by atoms with Gasteiger partial charge in [-0.2, -0.15) is 0 Å². The van der Waals surface area contributed by atoms with Gasteiger partial charge in [0.1, 0.15) is 11.6 Å². The van der Waals surface area contributed by atoms with E-state index in [1.165, 1.54) is 12.1 Å². The van der Waals surface area contributed by atoms with Crippen molar-refractivity contribution in [2.24, 2.45) is 0 Å². The highest BCUT2D eigenvalue weighted by Crippen LogP contribution is 2.31. The summed E-state index contributed by atoms with van der Waals surface area (Å²) in [5.74, 6) is 0.969. The molecular weight excluding hydrogens is 285 g/mol. The van der Waals surface area contributed by atoms with Gasteiger partial charge >= 0.3 is 0 Å². The Morgan fingerprint density at radius 1 is 1.19 bits per heavy atom. The fourth-order valence-corrected chi connectivity index (χ4v) is 2.99. The van der Waals surface area contributed by atoms with E-state index in [0.717, 1.165) is 21.3 Å². The molecule has 0 aliphatic heterocycles. The number of rotatable bonds is 3. The summed E-state index contributed by atoms with van der Waals surface area (Å²) in [4.78, 5) is 1.98. The van der Waals surface area contributed by atoms with Crippen molar-refractivity contribution in [1.82, 2.24) is 14.6 Å². The van der Waals surface area contributed by atoms with Crippen molar-refractivity contribution in [3.05, 3.63) is 60.7 Å². The Balaban J connectivity index is 1.99. The van der Waals surface area contributed by atoms with Crippen LogP contribution in [0.3, 0.4) is 0 Å². The lowest BCUT2D eigenvalue weighted by atomic mass is 10.2. The third kappa shape index (κ3) is 2.78. The fourth-order valence-electron chi connectivity index (χ4n) is 2.12. The molecule has 0 N–H and O–H groups in total. The van der Waals surface area contributed by atoms with E-state index < -0.39 is 0 Å². The van der Waals surface area contributed by atoms with E-state index in [1.807, 2.05) is 22.7 Å². The summed E-state index contributed by atoms with van der Waals surface area (Å²) in [6.45, 7) is 8.06. The topological polar surface area (TPSA) is 30.2 Å². The molecule has 0 bridgehead atoms. The minimum Gasteiger partial charge on any atom is -0.285 e. The summed E-state index contributed by atoms with van der Waals surface area (Å²) in [6.07, 6.45) is 2.01. The summed E-state index contributed by atoms with van der Waals surface area (Å²) in [6, 6.07) is 8.57. The Kier molecular flexibility index (Phi) is 3.68. The van der Waals surface area contributed by atoms with Gasteiger partial charge in [-0.05, 0) is 42.8 Å². The van der Waals surface area contributed by atoms with Crippen LogP contribution in [0.25, 0.3) is 5.65 Å². The molecule has 0 amide bonds. The van der Waals surface area contributed by atoms with Gasteiger partial charge in [0.15, 0.2) is 5.65 Å². The molecule has 3 rings (SSSR count). The van der Waals surface area contributed by atoms with Crippen molar-refractivity contribution in [3.63, 3.8) is 0 Å². The van der Waals surface area contributed by atoms with Gasteiger partial charge in [0, 0.05) is 21.9 Å². The van der Waals surface area contributed by atoms with E-state index in [0.29, 0.717) is 11.5 Å². The van der Waals surface area contributed by atoms with Crippen LogP contribution in [0.1, 0.15) is 31.2 Å². The fraction of sp³-hybridized carbons (Fsp3) is 0.188. The lowest BCUT2D eigenvalue weighted by Crippen LogP contribution is -1.96. The number of halogens is 1. The number of pyridine rings is 1. The molecule has 21 heavy (non-hydrogen) atoms. The first-order valence-electron chi connectivity index (χ1n) is 6.68. The number of nitrogens with zero attached hydrogens (tertiary/aromatic N) is 3. The summed E-state index contributed by atoms with van der Waals surface area (Å²) < 4.78 is 15.1. The Bertz CT molecular complexity index is 795. The first-order chi connectivity index (χ1) is 10.0. The molecule has 0 aliphatic carbocycles. The van der Waals surface area contributed by atoms with Gasteiger partial charge in [-0.15, -0.1) is 10.2 Å². The molecule has 5 heteroatoms. The highest BCUT2D eigenvalue weighted by Gasteiger charge is 2.10. The number of hydrogen-bond donors (Lipinski definition) is 0. The summed E-state index contributed by atoms with van der Waals surface area (Å²) in [5.41, 5.74) is 1.52. The second kappa shape index (κ2) is 5.48. The maximum absolute atomic E-state index is 13.1. The highest BCUT2D eigenvalue weighted by molar-refractivity contribution is 7.99. The molecule has 1 aromatic carbocycles. The smallest absolute Gasteiger partial charge is 0.160 e. The van der Waals surface area contributed by atoms with Gasteiger partial charge < -0.3 is 0 Å². The molecule has 2 heterocycles. The van der Waals surface area contributed by atoms with Gasteiger partial charge in [0.05, 0.1) is 0 Å². The van der Waals surface area contributed by atoms with Gasteiger partial charge in [-0.3, -0.25) is 4.40 Å². The monoisotopic (exact) mass is 300 g/mol. The average Bonchev–Trinajstić information content (AvgIpc) is 2.85. The Morgan fingerprint density at radius 3 is 2.71 bits per heavy atom. The summed E-state index contributed by atoms with van der Waals surface area (Å²) >= 11 is 1.56. The van der Waals surface area contributed by atoms with Crippen LogP contribution in [-0.2, 0) is 0 Å². The number of benzene rings is 1. The zero-order valence-corrected chi connectivity index (χ0v) is 12.7. The first-order valence-corrected chi connectivity index (χ1v) is 7.50. The largest absolute Gasteiger partial charge is 0.285 e. The Hall–Kier alpha value is -1.88. The van der Waals surface area contributed by atoms with Crippen molar-refractivity contribution in [1.29, 1.82) is 0 Å². The average molecular weight is 300 g/mol. The Labute approximate surface area is 127 Å².